The van der Waals surface area contributed by atoms with E-state index in [4.69, 9.17) is 6.42 Å². The van der Waals surface area contributed by atoms with Crippen LogP contribution in [0.5, 0.6) is 0 Å². The summed E-state index contributed by atoms with van der Waals surface area (Å²) in [6, 6.07) is 8.75. The Kier molecular flexibility index (Phi) is 6.09. The lowest BCUT2D eigenvalue weighted by molar-refractivity contribution is -0.129. The normalized spacial score (nSPS) is 24.4. The third-order valence-corrected chi connectivity index (χ3v) is 5.09. The second-order valence-electron chi connectivity index (χ2n) is 6.90. The lowest BCUT2D eigenvalue weighted by atomic mass is 10.0. The van der Waals surface area contributed by atoms with Crippen LogP contribution >= 0.6 is 0 Å². The van der Waals surface area contributed by atoms with Crippen LogP contribution in [-0.2, 0) is 9.59 Å². The number of hydrogen-bond acceptors (Lipinski definition) is 4. The quantitative estimate of drug-likeness (QED) is 0.611. The SMILES string of the molecule is C#CCNC(=O)CC[C@@H]1CNC(=O)[C@@H]2C[C@H](NC(=O)c3ccccc3)CN12. The third-order valence-electron chi connectivity index (χ3n) is 5.09. The second kappa shape index (κ2) is 8.69. The topological polar surface area (TPSA) is 90.5 Å². The zero-order chi connectivity index (χ0) is 19.2. The maximum Gasteiger partial charge on any atom is 0.251 e. The first-order chi connectivity index (χ1) is 13.1. The van der Waals surface area contributed by atoms with Crippen LogP contribution in [0.3, 0.4) is 0 Å². The monoisotopic (exact) mass is 368 g/mol. The van der Waals surface area contributed by atoms with Crippen molar-refractivity contribution in [3.05, 3.63) is 35.9 Å². The van der Waals surface area contributed by atoms with Crippen molar-refractivity contribution >= 4 is 17.7 Å². The van der Waals surface area contributed by atoms with E-state index in [2.05, 4.69) is 26.8 Å². The van der Waals surface area contributed by atoms with E-state index in [1.807, 2.05) is 18.2 Å². The van der Waals surface area contributed by atoms with E-state index < -0.39 is 0 Å². The molecule has 142 valence electrons. The van der Waals surface area contributed by atoms with E-state index in [0.717, 1.165) is 0 Å². The van der Waals surface area contributed by atoms with Gasteiger partial charge in [-0.3, -0.25) is 19.3 Å². The Balaban J connectivity index is 1.57. The number of fused-ring (bicyclic) bond motifs is 1. The molecule has 7 nitrogen and oxygen atoms in total. The maximum atomic E-state index is 12.4. The number of carbonyl (C=O) groups excluding carboxylic acids is 3. The van der Waals surface area contributed by atoms with Crippen molar-refractivity contribution in [3.63, 3.8) is 0 Å². The summed E-state index contributed by atoms with van der Waals surface area (Å²) in [5.41, 5.74) is 0.605. The summed E-state index contributed by atoms with van der Waals surface area (Å²) < 4.78 is 0. The van der Waals surface area contributed by atoms with Crippen molar-refractivity contribution in [1.29, 1.82) is 0 Å². The van der Waals surface area contributed by atoms with Gasteiger partial charge in [-0.05, 0) is 25.0 Å². The molecule has 0 bridgehead atoms. The maximum absolute atomic E-state index is 12.4. The third kappa shape index (κ3) is 4.66. The molecule has 3 N–H and O–H groups in total. The number of piperazine rings is 1. The summed E-state index contributed by atoms with van der Waals surface area (Å²) in [6.07, 6.45) is 6.70. The zero-order valence-corrected chi connectivity index (χ0v) is 15.1. The van der Waals surface area contributed by atoms with Gasteiger partial charge in [0.2, 0.25) is 11.8 Å². The molecule has 2 saturated heterocycles. The fraction of sp³-hybridized carbons (Fsp3) is 0.450. The Hall–Kier alpha value is -2.85. The minimum absolute atomic E-state index is 0.0144. The van der Waals surface area contributed by atoms with Crippen molar-refractivity contribution in [3.8, 4) is 12.3 Å². The first-order valence-electron chi connectivity index (χ1n) is 9.18. The molecule has 2 fully saturated rings. The molecule has 0 spiro atoms. The van der Waals surface area contributed by atoms with Crippen molar-refractivity contribution in [2.24, 2.45) is 0 Å². The number of amides is 3. The van der Waals surface area contributed by atoms with Gasteiger partial charge in [0.05, 0.1) is 12.6 Å². The number of hydrogen-bond donors (Lipinski definition) is 3. The molecule has 3 amide bonds. The summed E-state index contributed by atoms with van der Waals surface area (Å²) in [6.45, 7) is 1.34. The summed E-state index contributed by atoms with van der Waals surface area (Å²) >= 11 is 0. The highest BCUT2D eigenvalue weighted by Gasteiger charge is 2.43. The summed E-state index contributed by atoms with van der Waals surface area (Å²) in [5, 5.41) is 8.60. The van der Waals surface area contributed by atoms with Gasteiger partial charge in [0.15, 0.2) is 0 Å². The van der Waals surface area contributed by atoms with Crippen LogP contribution in [0.4, 0.5) is 0 Å². The predicted octanol–water partition coefficient (Wildman–Crippen LogP) is -0.113. The predicted molar refractivity (Wildman–Crippen MR) is 101 cm³/mol. The van der Waals surface area contributed by atoms with Crippen LogP contribution in [0.1, 0.15) is 29.6 Å². The average molecular weight is 368 g/mol. The molecule has 0 unspecified atom stereocenters. The van der Waals surface area contributed by atoms with Crippen molar-refractivity contribution in [1.82, 2.24) is 20.9 Å². The highest BCUT2D eigenvalue weighted by Crippen LogP contribution is 2.26. The first-order valence-corrected chi connectivity index (χ1v) is 9.18. The van der Waals surface area contributed by atoms with Gasteiger partial charge in [-0.25, -0.2) is 0 Å². The van der Waals surface area contributed by atoms with Gasteiger partial charge >= 0.3 is 0 Å². The molecule has 27 heavy (non-hydrogen) atoms. The highest BCUT2D eigenvalue weighted by atomic mass is 16.2. The Labute approximate surface area is 158 Å². The van der Waals surface area contributed by atoms with Crippen LogP contribution in [0.2, 0.25) is 0 Å². The van der Waals surface area contributed by atoms with E-state index in [1.165, 1.54) is 0 Å². The molecule has 2 aliphatic heterocycles. The summed E-state index contributed by atoms with van der Waals surface area (Å²) in [7, 11) is 0. The first kappa shape index (κ1) is 18.9. The van der Waals surface area contributed by atoms with E-state index in [9.17, 15) is 14.4 Å². The standard InChI is InChI=1S/C20H24N4O3/c1-2-10-21-18(25)9-8-16-12-22-20(27)17-11-15(13-24(16)17)23-19(26)14-6-4-3-5-7-14/h1,3-7,15-17H,8-13H2,(H,21,25)(H,22,27)(H,23,26)/t15-,16+,17-/m0/s1. The molecule has 0 aromatic heterocycles. The number of carbonyl (C=O) groups is 3. The molecule has 3 rings (SSSR count). The molecule has 1 aromatic rings. The van der Waals surface area contributed by atoms with Crippen LogP contribution in [0, 0.1) is 12.3 Å². The molecule has 1 aromatic carbocycles. The van der Waals surface area contributed by atoms with Crippen molar-refractivity contribution in [2.75, 3.05) is 19.6 Å². The van der Waals surface area contributed by atoms with E-state index in [1.54, 1.807) is 12.1 Å². The van der Waals surface area contributed by atoms with Crippen LogP contribution in [0.15, 0.2) is 30.3 Å². The second-order valence-corrected chi connectivity index (χ2v) is 6.90. The van der Waals surface area contributed by atoms with Gasteiger partial charge in [0.25, 0.3) is 5.91 Å². The van der Waals surface area contributed by atoms with E-state index in [0.29, 0.717) is 37.9 Å². The van der Waals surface area contributed by atoms with Crippen molar-refractivity contribution in [2.45, 2.75) is 37.4 Å². The summed E-state index contributed by atoms with van der Waals surface area (Å²) in [4.78, 5) is 38.5. The van der Waals surface area contributed by atoms with E-state index in [-0.39, 0.29) is 42.4 Å². The number of terminal acetylenes is 1. The Morgan fingerprint density at radius 2 is 2.07 bits per heavy atom. The molecule has 0 saturated carbocycles. The number of benzene rings is 1. The average Bonchev–Trinajstić information content (AvgIpc) is 3.11. The van der Waals surface area contributed by atoms with Gasteiger partial charge in [-0.15, -0.1) is 6.42 Å². The number of nitrogens with zero attached hydrogens (tertiary/aromatic N) is 1. The largest absolute Gasteiger partial charge is 0.353 e. The van der Waals surface area contributed by atoms with Crippen LogP contribution in [0.25, 0.3) is 0 Å². The number of nitrogens with one attached hydrogen (secondary N) is 3. The Morgan fingerprint density at radius 3 is 2.81 bits per heavy atom. The van der Waals surface area contributed by atoms with E-state index >= 15 is 0 Å². The van der Waals surface area contributed by atoms with Gasteiger partial charge in [0, 0.05) is 37.2 Å². The van der Waals surface area contributed by atoms with Gasteiger partial charge in [-0.2, -0.15) is 0 Å². The van der Waals surface area contributed by atoms with Gasteiger partial charge in [-0.1, -0.05) is 24.1 Å². The minimum atomic E-state index is -0.265. The number of rotatable bonds is 6. The molecular formula is C20H24N4O3. The molecular weight excluding hydrogens is 344 g/mol. The Bertz CT molecular complexity index is 743. The fourth-order valence-corrected chi connectivity index (χ4v) is 3.74. The lowest BCUT2D eigenvalue weighted by Crippen LogP contribution is -2.58. The lowest BCUT2D eigenvalue weighted by Gasteiger charge is -2.37. The highest BCUT2D eigenvalue weighted by molar-refractivity contribution is 5.94. The minimum Gasteiger partial charge on any atom is -0.353 e. The van der Waals surface area contributed by atoms with Gasteiger partial charge < -0.3 is 16.0 Å². The molecule has 2 heterocycles. The Morgan fingerprint density at radius 1 is 1.30 bits per heavy atom. The zero-order valence-electron chi connectivity index (χ0n) is 15.1. The molecule has 2 aliphatic rings. The smallest absolute Gasteiger partial charge is 0.251 e. The van der Waals surface area contributed by atoms with Gasteiger partial charge in [0.1, 0.15) is 0 Å². The summed E-state index contributed by atoms with van der Waals surface area (Å²) in [5.74, 6) is 2.14. The molecule has 0 radical (unpaired) electrons. The fourth-order valence-electron chi connectivity index (χ4n) is 3.74. The molecule has 0 aliphatic carbocycles. The molecule has 3 atom stereocenters. The van der Waals surface area contributed by atoms with Crippen LogP contribution < -0.4 is 16.0 Å². The van der Waals surface area contributed by atoms with Crippen LogP contribution in [-0.4, -0.2) is 60.4 Å². The van der Waals surface area contributed by atoms with Crippen molar-refractivity contribution < 1.29 is 14.4 Å². The molecule has 7 heteroatoms.